The summed E-state index contributed by atoms with van der Waals surface area (Å²) in [5.74, 6) is -2.18. The molecule has 26 heavy (non-hydrogen) atoms. The summed E-state index contributed by atoms with van der Waals surface area (Å²) in [6.45, 7) is 1.91. The molecule has 0 unspecified atom stereocenters. The van der Waals surface area contributed by atoms with Gasteiger partial charge in [-0.25, -0.2) is 18.4 Å². The molecule has 3 rings (SSSR count). The molecule has 8 nitrogen and oxygen atoms in total. The fourth-order valence-electron chi connectivity index (χ4n) is 2.75. The molecule has 2 heterocycles. The lowest BCUT2D eigenvalue weighted by atomic mass is 10.2. The maximum atomic E-state index is 14.4. The second kappa shape index (κ2) is 7.14. The number of nitrogens with one attached hydrogen (secondary N) is 1. The number of carbonyl (C=O) groups is 3. The van der Waals surface area contributed by atoms with E-state index >= 15 is 0 Å². The average Bonchev–Trinajstić information content (AvgIpc) is 3.18. The molecule has 0 saturated carbocycles. The van der Waals surface area contributed by atoms with Crippen LogP contribution in [0.15, 0.2) is 12.1 Å². The minimum Gasteiger partial charge on any atom is -0.447 e. The number of ether oxygens (including phenoxy) is 2. The molecular formula is C16H17F2N3O5. The van der Waals surface area contributed by atoms with Gasteiger partial charge in [-0.1, -0.05) is 6.92 Å². The highest BCUT2D eigenvalue weighted by atomic mass is 19.1. The quantitative estimate of drug-likeness (QED) is 0.855. The Balaban J connectivity index is 1.76. The van der Waals surface area contributed by atoms with Crippen LogP contribution in [0.3, 0.4) is 0 Å². The number of amides is 3. The summed E-state index contributed by atoms with van der Waals surface area (Å²) >= 11 is 0. The molecule has 2 saturated heterocycles. The summed E-state index contributed by atoms with van der Waals surface area (Å²) in [6, 6.07) is 1.91. The van der Waals surface area contributed by atoms with Crippen LogP contribution in [0.2, 0.25) is 0 Å². The molecule has 10 heteroatoms. The maximum absolute atomic E-state index is 14.4. The van der Waals surface area contributed by atoms with Crippen LogP contribution in [0.1, 0.15) is 13.3 Å². The lowest BCUT2D eigenvalue weighted by Gasteiger charge is -2.18. The number of halogens is 2. The lowest BCUT2D eigenvalue weighted by molar-refractivity contribution is -0.121. The van der Waals surface area contributed by atoms with Crippen molar-refractivity contribution in [3.05, 3.63) is 23.8 Å². The van der Waals surface area contributed by atoms with Gasteiger partial charge in [0.25, 0.3) is 0 Å². The summed E-state index contributed by atoms with van der Waals surface area (Å²) in [5.41, 5.74) is -0.554. The summed E-state index contributed by atoms with van der Waals surface area (Å²) in [7, 11) is 0. The van der Waals surface area contributed by atoms with Crippen molar-refractivity contribution in [2.75, 3.05) is 36.0 Å². The number of hydrogen-bond acceptors (Lipinski definition) is 5. The Labute approximate surface area is 147 Å². The van der Waals surface area contributed by atoms with E-state index in [4.69, 9.17) is 4.74 Å². The molecule has 3 amide bonds. The van der Waals surface area contributed by atoms with Crippen molar-refractivity contribution < 1.29 is 32.6 Å². The number of carbonyl (C=O) groups excluding carboxylic acids is 3. The predicted octanol–water partition coefficient (Wildman–Crippen LogP) is 1.77. The number of rotatable bonds is 5. The van der Waals surface area contributed by atoms with Gasteiger partial charge < -0.3 is 14.8 Å². The molecule has 1 aromatic rings. The Hall–Kier alpha value is -2.91. The Morgan fingerprint density at radius 1 is 1.23 bits per heavy atom. The zero-order valence-electron chi connectivity index (χ0n) is 14.0. The van der Waals surface area contributed by atoms with Crippen molar-refractivity contribution in [1.29, 1.82) is 0 Å². The first kappa shape index (κ1) is 17.9. The first-order valence-electron chi connectivity index (χ1n) is 8.09. The summed E-state index contributed by atoms with van der Waals surface area (Å²) in [6.07, 6.45) is -1.94. The lowest BCUT2D eigenvalue weighted by Crippen LogP contribution is -2.34. The first-order chi connectivity index (χ1) is 12.4. The van der Waals surface area contributed by atoms with Gasteiger partial charge in [-0.05, 0) is 0 Å². The number of benzene rings is 1. The summed E-state index contributed by atoms with van der Waals surface area (Å²) < 4.78 is 38.6. The molecule has 0 aromatic heterocycles. The SMILES string of the molecule is CCC(=O)NC[C@H]1CN(c2cc(F)c(N3CCOC3=O)c(F)c2)C(=O)O1. The minimum absolute atomic E-state index is 0.0345. The van der Waals surface area contributed by atoms with Crippen LogP contribution < -0.4 is 15.1 Å². The van der Waals surface area contributed by atoms with E-state index in [1.807, 2.05) is 0 Å². The van der Waals surface area contributed by atoms with E-state index in [-0.39, 0.29) is 37.8 Å². The third-order valence-electron chi connectivity index (χ3n) is 4.07. The van der Waals surface area contributed by atoms with E-state index in [1.54, 1.807) is 6.92 Å². The smallest absolute Gasteiger partial charge is 0.414 e. The molecule has 0 aliphatic carbocycles. The van der Waals surface area contributed by atoms with E-state index in [1.165, 1.54) is 0 Å². The average molecular weight is 369 g/mol. The van der Waals surface area contributed by atoms with E-state index in [9.17, 15) is 23.2 Å². The largest absolute Gasteiger partial charge is 0.447 e. The van der Waals surface area contributed by atoms with Crippen molar-refractivity contribution in [3.63, 3.8) is 0 Å². The van der Waals surface area contributed by atoms with Gasteiger partial charge in [0.1, 0.15) is 18.4 Å². The molecular weight excluding hydrogens is 352 g/mol. The normalized spacial score (nSPS) is 19.6. The molecule has 0 bridgehead atoms. The van der Waals surface area contributed by atoms with E-state index in [2.05, 4.69) is 10.1 Å². The fraction of sp³-hybridized carbons (Fsp3) is 0.438. The highest BCUT2D eigenvalue weighted by molar-refractivity contribution is 5.92. The molecule has 2 aliphatic rings. The van der Waals surface area contributed by atoms with Gasteiger partial charge in [0.2, 0.25) is 5.91 Å². The second-order valence-electron chi connectivity index (χ2n) is 5.80. The molecule has 0 spiro atoms. The third-order valence-corrected chi connectivity index (χ3v) is 4.07. The van der Waals surface area contributed by atoms with Gasteiger partial charge in [-0.15, -0.1) is 0 Å². The van der Waals surface area contributed by atoms with Gasteiger partial charge in [-0.3, -0.25) is 14.6 Å². The number of cyclic esters (lactones) is 2. The summed E-state index contributed by atoms with van der Waals surface area (Å²) in [5, 5.41) is 2.59. The zero-order chi connectivity index (χ0) is 18.8. The highest BCUT2D eigenvalue weighted by Crippen LogP contribution is 2.32. The molecule has 2 aliphatic heterocycles. The van der Waals surface area contributed by atoms with Crippen LogP contribution in [0, 0.1) is 11.6 Å². The van der Waals surface area contributed by atoms with Crippen LogP contribution >= 0.6 is 0 Å². The standard InChI is InChI=1S/C16H17F2N3O5/c1-2-13(22)19-7-10-8-21(16(24)26-10)9-5-11(17)14(12(18)6-9)20-3-4-25-15(20)23/h5-6,10H,2-4,7-8H2,1H3,(H,19,22)/t10-/m0/s1. The van der Waals surface area contributed by atoms with Gasteiger partial charge in [-0.2, -0.15) is 0 Å². The highest BCUT2D eigenvalue weighted by Gasteiger charge is 2.35. The summed E-state index contributed by atoms with van der Waals surface area (Å²) in [4.78, 5) is 36.7. The van der Waals surface area contributed by atoms with Crippen LogP contribution in [-0.2, 0) is 14.3 Å². The molecule has 2 fully saturated rings. The minimum atomic E-state index is -0.991. The van der Waals surface area contributed by atoms with Crippen LogP contribution in [0.25, 0.3) is 0 Å². The molecule has 1 atom stereocenters. The zero-order valence-corrected chi connectivity index (χ0v) is 14.0. The Kier molecular flexibility index (Phi) is 4.92. The van der Waals surface area contributed by atoms with Crippen LogP contribution in [-0.4, -0.2) is 50.4 Å². The van der Waals surface area contributed by atoms with Crippen LogP contribution in [0.4, 0.5) is 29.7 Å². The van der Waals surface area contributed by atoms with E-state index < -0.39 is 35.6 Å². The van der Waals surface area contributed by atoms with E-state index in [0.29, 0.717) is 6.42 Å². The monoisotopic (exact) mass is 369 g/mol. The van der Waals surface area contributed by atoms with Crippen LogP contribution in [0.5, 0.6) is 0 Å². The Morgan fingerprint density at radius 3 is 2.50 bits per heavy atom. The maximum Gasteiger partial charge on any atom is 0.414 e. The molecule has 1 aromatic carbocycles. The van der Waals surface area contributed by atoms with Crippen molar-refractivity contribution in [2.24, 2.45) is 0 Å². The van der Waals surface area contributed by atoms with Crippen molar-refractivity contribution in [2.45, 2.75) is 19.4 Å². The number of nitrogens with zero attached hydrogens (tertiary/aromatic N) is 2. The molecule has 0 radical (unpaired) electrons. The third kappa shape index (κ3) is 3.39. The Bertz CT molecular complexity index is 734. The van der Waals surface area contributed by atoms with Gasteiger partial charge in [0.15, 0.2) is 11.6 Å². The Morgan fingerprint density at radius 2 is 1.92 bits per heavy atom. The number of anilines is 2. The fourth-order valence-corrected chi connectivity index (χ4v) is 2.75. The molecule has 1 N–H and O–H groups in total. The number of hydrogen-bond donors (Lipinski definition) is 1. The van der Waals surface area contributed by atoms with Crippen molar-refractivity contribution in [1.82, 2.24) is 5.32 Å². The predicted molar refractivity (Wildman–Crippen MR) is 86.0 cm³/mol. The van der Waals surface area contributed by atoms with Gasteiger partial charge in [0, 0.05) is 18.6 Å². The second-order valence-corrected chi connectivity index (χ2v) is 5.80. The van der Waals surface area contributed by atoms with Crippen molar-refractivity contribution in [3.8, 4) is 0 Å². The van der Waals surface area contributed by atoms with Gasteiger partial charge >= 0.3 is 12.2 Å². The van der Waals surface area contributed by atoms with E-state index in [0.717, 1.165) is 21.9 Å². The first-order valence-corrected chi connectivity index (χ1v) is 8.09. The molecule has 140 valence electrons. The van der Waals surface area contributed by atoms with Gasteiger partial charge in [0.05, 0.1) is 25.3 Å². The topological polar surface area (TPSA) is 88.2 Å². The van der Waals surface area contributed by atoms with Crippen molar-refractivity contribution >= 4 is 29.5 Å².